The third kappa shape index (κ3) is 9.59. The van der Waals surface area contributed by atoms with Gasteiger partial charge in [0.05, 0.1) is 26.0 Å². The first-order chi connectivity index (χ1) is 22.4. The molecule has 3 saturated carbocycles. The zero-order valence-electron chi connectivity index (χ0n) is 28.5. The highest BCUT2D eigenvalue weighted by molar-refractivity contribution is 5.92. The molecule has 0 aromatic rings. The molecule has 1 saturated heterocycles. The predicted octanol–water partition coefficient (Wildman–Crippen LogP) is 2.81. The second-order valence-electron chi connectivity index (χ2n) is 14.6. The van der Waals surface area contributed by atoms with Gasteiger partial charge in [0.25, 0.3) is 0 Å². The molecule has 4 aliphatic rings. The third-order valence-electron chi connectivity index (χ3n) is 10.8. The van der Waals surface area contributed by atoms with E-state index in [0.29, 0.717) is 31.6 Å². The number of esters is 1. The number of hydrogen-bond acceptors (Lipinski definition) is 7. The summed E-state index contributed by atoms with van der Waals surface area (Å²) in [6, 6.07) is -1.51. The lowest BCUT2D eigenvalue weighted by atomic mass is 9.78. The number of amides is 5. The van der Waals surface area contributed by atoms with Crippen molar-refractivity contribution in [2.45, 2.75) is 134 Å². The molecular formula is C34H55N5O8. The van der Waals surface area contributed by atoms with Gasteiger partial charge in [-0.3, -0.25) is 19.2 Å². The Kier molecular flexibility index (Phi) is 12.9. The Morgan fingerprint density at radius 3 is 2.23 bits per heavy atom. The summed E-state index contributed by atoms with van der Waals surface area (Å²) in [5.41, 5.74) is 0. The number of rotatable bonds is 11. The van der Waals surface area contributed by atoms with Crippen molar-refractivity contribution in [1.29, 1.82) is 0 Å². The molecule has 13 nitrogen and oxygen atoms in total. The van der Waals surface area contributed by atoms with Gasteiger partial charge in [0.1, 0.15) is 6.04 Å². The van der Waals surface area contributed by atoms with E-state index in [2.05, 4.69) is 22.9 Å². The van der Waals surface area contributed by atoms with Crippen LogP contribution >= 0.6 is 0 Å². The van der Waals surface area contributed by atoms with E-state index in [-0.39, 0.29) is 67.3 Å². The van der Waals surface area contributed by atoms with Gasteiger partial charge < -0.3 is 35.6 Å². The third-order valence-corrected chi connectivity index (χ3v) is 10.8. The number of nitrogens with one attached hydrogen (secondary N) is 3. The minimum Gasteiger partial charge on any atom is -0.481 e. The number of hydrogen-bond donors (Lipinski definition) is 4. The molecule has 13 heteroatoms. The van der Waals surface area contributed by atoms with Crippen molar-refractivity contribution < 1.29 is 38.6 Å². The van der Waals surface area contributed by atoms with Gasteiger partial charge in [-0.15, -0.1) is 0 Å². The fourth-order valence-electron chi connectivity index (χ4n) is 8.22. The first kappa shape index (κ1) is 36.5. The molecule has 5 amide bonds. The van der Waals surface area contributed by atoms with E-state index in [1.54, 1.807) is 0 Å². The van der Waals surface area contributed by atoms with E-state index >= 15 is 0 Å². The zero-order chi connectivity index (χ0) is 34.2. The molecule has 264 valence electrons. The van der Waals surface area contributed by atoms with Crippen LogP contribution in [0.1, 0.15) is 104 Å². The van der Waals surface area contributed by atoms with Crippen molar-refractivity contribution in [2.24, 2.45) is 23.7 Å². The lowest BCUT2D eigenvalue weighted by Gasteiger charge is -2.43. The minimum atomic E-state index is -1.08. The number of ether oxygens (including phenoxy) is 1. The first-order valence-electron chi connectivity index (χ1n) is 17.6. The standard InChI is InChI=1S/C34H55N5O8/c1-20(2)31(33(45)47-4)39-27-14-13-24(18-25(27)32(44)38(19-29(39)41)16-15-30(42)43)35-28(40)17-22-9-11-23(12-10-22)36-34(46)37-26-8-6-5-7-21(26)3/h20-27,31H,5-19H2,1-4H3,(H,35,40)(H,42,43)(H2,36,37,46). The fraction of sp³-hybridized carbons (Fsp3) is 0.824. The average molecular weight is 662 g/mol. The molecule has 0 bridgehead atoms. The number of nitrogens with zero attached hydrogens (tertiary/aromatic N) is 2. The molecule has 0 aromatic carbocycles. The van der Waals surface area contributed by atoms with E-state index in [9.17, 15) is 33.9 Å². The lowest BCUT2D eigenvalue weighted by Crippen LogP contribution is -2.58. The van der Waals surface area contributed by atoms with Gasteiger partial charge in [-0.2, -0.15) is 0 Å². The average Bonchev–Trinajstić information content (AvgIpc) is 3.12. The molecular weight excluding hydrogens is 606 g/mol. The Bertz CT molecular complexity index is 1160. The summed E-state index contributed by atoms with van der Waals surface area (Å²) in [7, 11) is 1.27. The summed E-state index contributed by atoms with van der Waals surface area (Å²) >= 11 is 0. The summed E-state index contributed by atoms with van der Waals surface area (Å²) in [6.45, 7) is 5.41. The van der Waals surface area contributed by atoms with Crippen LogP contribution in [0.25, 0.3) is 0 Å². The van der Waals surface area contributed by atoms with E-state index < -0.39 is 35.8 Å². The maximum Gasteiger partial charge on any atom is 0.328 e. The van der Waals surface area contributed by atoms with Crippen molar-refractivity contribution in [3.8, 4) is 0 Å². The van der Waals surface area contributed by atoms with Gasteiger partial charge in [-0.1, -0.05) is 33.6 Å². The van der Waals surface area contributed by atoms with Gasteiger partial charge in [-0.05, 0) is 75.5 Å². The monoisotopic (exact) mass is 661 g/mol. The zero-order valence-corrected chi connectivity index (χ0v) is 28.5. The number of carboxylic acids is 1. The Balaban J connectivity index is 1.33. The highest BCUT2D eigenvalue weighted by Crippen LogP contribution is 2.36. The van der Waals surface area contributed by atoms with Crippen molar-refractivity contribution in [2.75, 3.05) is 20.2 Å². The van der Waals surface area contributed by atoms with Crippen LogP contribution in [0.15, 0.2) is 0 Å². The maximum absolute atomic E-state index is 13.8. The maximum atomic E-state index is 13.8. The lowest BCUT2D eigenvalue weighted by molar-refractivity contribution is -0.158. The second-order valence-corrected chi connectivity index (χ2v) is 14.6. The van der Waals surface area contributed by atoms with Crippen molar-refractivity contribution >= 4 is 35.7 Å². The van der Waals surface area contributed by atoms with Crippen LogP contribution in [0.5, 0.6) is 0 Å². The van der Waals surface area contributed by atoms with Gasteiger partial charge in [0.15, 0.2) is 0 Å². The number of carbonyl (C=O) groups is 6. The summed E-state index contributed by atoms with van der Waals surface area (Å²) in [4.78, 5) is 80.1. The Labute approximate surface area is 278 Å². The smallest absolute Gasteiger partial charge is 0.328 e. The van der Waals surface area contributed by atoms with Crippen LogP contribution in [0.4, 0.5) is 4.79 Å². The normalized spacial score (nSPS) is 30.5. The molecule has 47 heavy (non-hydrogen) atoms. The quantitative estimate of drug-likeness (QED) is 0.245. The fourth-order valence-corrected chi connectivity index (χ4v) is 8.22. The van der Waals surface area contributed by atoms with E-state index in [4.69, 9.17) is 4.74 Å². The topological polar surface area (TPSA) is 174 Å². The summed E-state index contributed by atoms with van der Waals surface area (Å²) < 4.78 is 5.04. The van der Waals surface area contributed by atoms with Crippen LogP contribution < -0.4 is 16.0 Å². The molecule has 4 fully saturated rings. The number of carboxylic acid groups (broad SMARTS) is 1. The Morgan fingerprint density at radius 1 is 0.915 bits per heavy atom. The highest BCUT2D eigenvalue weighted by atomic mass is 16.5. The molecule has 1 aliphatic heterocycles. The molecule has 0 aromatic heterocycles. The van der Waals surface area contributed by atoms with Crippen LogP contribution in [-0.2, 0) is 28.7 Å². The summed E-state index contributed by atoms with van der Waals surface area (Å²) in [6.07, 6.45) is 9.17. The molecule has 0 radical (unpaired) electrons. The molecule has 6 unspecified atom stereocenters. The van der Waals surface area contributed by atoms with Gasteiger partial charge in [0.2, 0.25) is 17.7 Å². The van der Waals surface area contributed by atoms with Crippen molar-refractivity contribution in [1.82, 2.24) is 25.8 Å². The SMILES string of the molecule is COC(=O)C(C(C)C)N1C(=O)CN(CCC(=O)O)C(=O)C2CC(NC(=O)CC3CCC(NC(=O)NC4CCCCC4C)CC3)CCC21. The van der Waals surface area contributed by atoms with Crippen LogP contribution in [-0.4, -0.2) is 101 Å². The van der Waals surface area contributed by atoms with E-state index in [1.807, 2.05) is 13.8 Å². The number of fused-ring (bicyclic) bond motifs is 1. The Morgan fingerprint density at radius 2 is 1.60 bits per heavy atom. The van der Waals surface area contributed by atoms with Gasteiger partial charge >= 0.3 is 18.0 Å². The highest BCUT2D eigenvalue weighted by Gasteiger charge is 2.49. The van der Waals surface area contributed by atoms with Crippen molar-refractivity contribution in [3.63, 3.8) is 0 Å². The number of aliphatic carboxylic acids is 1. The van der Waals surface area contributed by atoms with Crippen LogP contribution in [0.2, 0.25) is 0 Å². The molecule has 4 N–H and O–H groups in total. The summed E-state index contributed by atoms with van der Waals surface area (Å²) in [5, 5.41) is 18.7. The number of methoxy groups -OCH3 is 1. The summed E-state index contributed by atoms with van der Waals surface area (Å²) in [5.74, 6) is -2.72. The number of carbonyl (C=O) groups excluding carboxylic acids is 5. The van der Waals surface area contributed by atoms with E-state index in [0.717, 1.165) is 44.9 Å². The van der Waals surface area contributed by atoms with E-state index in [1.165, 1.54) is 23.3 Å². The van der Waals surface area contributed by atoms with Crippen LogP contribution in [0, 0.1) is 23.7 Å². The van der Waals surface area contributed by atoms with Crippen LogP contribution in [0.3, 0.4) is 0 Å². The Hall–Kier alpha value is -3.38. The largest absolute Gasteiger partial charge is 0.481 e. The van der Waals surface area contributed by atoms with Gasteiger partial charge in [-0.25, -0.2) is 9.59 Å². The second kappa shape index (κ2) is 16.6. The first-order valence-corrected chi connectivity index (χ1v) is 17.6. The molecule has 4 rings (SSSR count). The molecule has 6 atom stereocenters. The minimum absolute atomic E-state index is 0.0831. The molecule has 0 spiro atoms. The molecule has 3 aliphatic carbocycles. The number of urea groups is 1. The molecule has 1 heterocycles. The van der Waals surface area contributed by atoms with Gasteiger partial charge in [0, 0.05) is 37.1 Å². The predicted molar refractivity (Wildman–Crippen MR) is 173 cm³/mol. The van der Waals surface area contributed by atoms with Crippen molar-refractivity contribution in [3.05, 3.63) is 0 Å².